The Hall–Kier alpha value is -1.75. The van der Waals surface area contributed by atoms with Crippen molar-refractivity contribution in [2.45, 2.75) is 38.1 Å². The molecular weight excluding hydrogens is 282 g/mol. The van der Waals surface area contributed by atoms with Gasteiger partial charge in [0.1, 0.15) is 0 Å². The van der Waals surface area contributed by atoms with Gasteiger partial charge in [-0.3, -0.25) is 14.8 Å². The molecule has 0 aromatic carbocycles. The van der Waals surface area contributed by atoms with E-state index in [1.54, 1.807) is 17.9 Å². The Kier molecular flexibility index (Phi) is 4.29. The van der Waals surface area contributed by atoms with Gasteiger partial charge in [-0.15, -0.1) is 11.3 Å². The fourth-order valence-corrected chi connectivity index (χ4v) is 3.56. The molecule has 1 fully saturated rings. The molecule has 0 spiro atoms. The molecule has 1 aliphatic carbocycles. The van der Waals surface area contributed by atoms with E-state index < -0.39 is 0 Å². The summed E-state index contributed by atoms with van der Waals surface area (Å²) in [5.41, 5.74) is 3.19. The third-order valence-corrected chi connectivity index (χ3v) is 4.93. The number of amides is 1. The summed E-state index contributed by atoms with van der Waals surface area (Å²) in [6, 6.07) is 4.05. The molecule has 2 aromatic heterocycles. The average Bonchev–Trinajstić information content (AvgIpc) is 3.08. The summed E-state index contributed by atoms with van der Waals surface area (Å²) in [4.78, 5) is 24.2. The molecule has 3 rings (SSSR count). The first-order valence-corrected chi connectivity index (χ1v) is 8.26. The van der Waals surface area contributed by atoms with Gasteiger partial charge in [-0.25, -0.2) is 0 Å². The van der Waals surface area contributed by atoms with E-state index in [1.165, 1.54) is 30.6 Å². The molecule has 0 N–H and O–H groups in total. The molecule has 0 aliphatic heterocycles. The minimum absolute atomic E-state index is 0.0680. The topological polar surface area (TPSA) is 46.1 Å². The van der Waals surface area contributed by atoms with Crippen LogP contribution in [0.1, 0.15) is 42.5 Å². The highest BCUT2D eigenvalue weighted by molar-refractivity contribution is 7.13. The molecule has 1 amide bonds. The highest BCUT2D eigenvalue weighted by atomic mass is 32.1. The summed E-state index contributed by atoms with van der Waals surface area (Å²) in [5.74, 6) is 0.0680. The quantitative estimate of drug-likeness (QED) is 0.870. The van der Waals surface area contributed by atoms with E-state index >= 15 is 0 Å². The predicted molar refractivity (Wildman–Crippen MR) is 84.3 cm³/mol. The second-order valence-electron chi connectivity index (χ2n) is 5.47. The Morgan fingerprint density at radius 1 is 1.33 bits per heavy atom. The molecule has 2 heterocycles. The largest absolute Gasteiger partial charge is 0.339 e. The fourth-order valence-electron chi connectivity index (χ4n) is 2.93. The molecule has 1 saturated carbocycles. The van der Waals surface area contributed by atoms with Crippen molar-refractivity contribution in [3.05, 3.63) is 35.6 Å². The number of thiazole rings is 1. The van der Waals surface area contributed by atoms with Crippen LogP contribution in [0.25, 0.3) is 10.6 Å². The number of pyridine rings is 1. The highest BCUT2D eigenvalue weighted by Gasteiger charge is 2.25. The standard InChI is InChI=1S/C16H19N3OS/c1-19(12-6-3-2-4-7-12)16(20)13-8-5-9-18-15(13)14-10-17-11-21-14/h5,8-12H,2-4,6-7H2,1H3. The Bertz CT molecular complexity index is 606. The third-order valence-electron chi connectivity index (χ3n) is 4.15. The first kappa shape index (κ1) is 14.2. The second-order valence-corrected chi connectivity index (χ2v) is 6.36. The van der Waals surface area contributed by atoms with E-state index in [0.29, 0.717) is 11.6 Å². The zero-order valence-electron chi connectivity index (χ0n) is 12.2. The van der Waals surface area contributed by atoms with Crippen molar-refractivity contribution in [3.63, 3.8) is 0 Å². The van der Waals surface area contributed by atoms with Crippen molar-refractivity contribution < 1.29 is 4.79 Å². The first-order valence-electron chi connectivity index (χ1n) is 7.38. The summed E-state index contributed by atoms with van der Waals surface area (Å²) < 4.78 is 0. The van der Waals surface area contributed by atoms with Crippen molar-refractivity contribution in [2.24, 2.45) is 0 Å². The monoisotopic (exact) mass is 301 g/mol. The molecule has 5 heteroatoms. The van der Waals surface area contributed by atoms with E-state index in [1.807, 2.05) is 24.1 Å². The van der Waals surface area contributed by atoms with Crippen molar-refractivity contribution in [1.29, 1.82) is 0 Å². The first-order chi connectivity index (χ1) is 10.3. The van der Waals surface area contributed by atoms with Crippen molar-refractivity contribution in [2.75, 3.05) is 7.05 Å². The van der Waals surface area contributed by atoms with Crippen LogP contribution >= 0.6 is 11.3 Å². The normalized spacial score (nSPS) is 15.9. The molecule has 21 heavy (non-hydrogen) atoms. The Morgan fingerprint density at radius 3 is 2.86 bits per heavy atom. The summed E-state index contributed by atoms with van der Waals surface area (Å²) >= 11 is 1.51. The van der Waals surface area contributed by atoms with E-state index in [2.05, 4.69) is 9.97 Å². The molecule has 0 radical (unpaired) electrons. The van der Waals surface area contributed by atoms with Gasteiger partial charge in [-0.1, -0.05) is 19.3 Å². The fraction of sp³-hybridized carbons (Fsp3) is 0.438. The molecule has 110 valence electrons. The van der Waals surface area contributed by atoms with Crippen LogP contribution in [0.15, 0.2) is 30.0 Å². The molecule has 0 bridgehead atoms. The number of aromatic nitrogens is 2. The average molecular weight is 301 g/mol. The van der Waals surface area contributed by atoms with Gasteiger partial charge in [-0.05, 0) is 25.0 Å². The Morgan fingerprint density at radius 2 is 2.14 bits per heavy atom. The number of nitrogens with zero attached hydrogens (tertiary/aromatic N) is 3. The van der Waals surface area contributed by atoms with Gasteiger partial charge < -0.3 is 4.90 Å². The van der Waals surface area contributed by atoms with E-state index in [4.69, 9.17) is 0 Å². The minimum Gasteiger partial charge on any atom is -0.339 e. The van der Waals surface area contributed by atoms with Gasteiger partial charge in [0.05, 0.1) is 21.6 Å². The van der Waals surface area contributed by atoms with E-state index in [-0.39, 0.29) is 5.91 Å². The van der Waals surface area contributed by atoms with Gasteiger partial charge in [0.2, 0.25) is 0 Å². The van der Waals surface area contributed by atoms with Crippen molar-refractivity contribution in [3.8, 4) is 10.6 Å². The smallest absolute Gasteiger partial charge is 0.256 e. The van der Waals surface area contributed by atoms with Crippen LogP contribution in [0.3, 0.4) is 0 Å². The highest BCUT2D eigenvalue weighted by Crippen LogP contribution is 2.28. The molecule has 1 aliphatic rings. The Labute approximate surface area is 128 Å². The maximum Gasteiger partial charge on any atom is 0.256 e. The zero-order valence-corrected chi connectivity index (χ0v) is 13.0. The maximum absolute atomic E-state index is 12.8. The number of hydrogen-bond acceptors (Lipinski definition) is 4. The summed E-state index contributed by atoms with van der Waals surface area (Å²) in [5, 5.41) is 0. The van der Waals surface area contributed by atoms with Crippen LogP contribution in [-0.2, 0) is 0 Å². The predicted octanol–water partition coefficient (Wildman–Crippen LogP) is 3.61. The van der Waals surface area contributed by atoms with Crippen LogP contribution < -0.4 is 0 Å². The lowest BCUT2D eigenvalue weighted by atomic mass is 9.94. The van der Waals surface area contributed by atoms with Gasteiger partial charge in [0.15, 0.2) is 0 Å². The summed E-state index contributed by atoms with van der Waals surface area (Å²) in [7, 11) is 1.92. The van der Waals surface area contributed by atoms with Crippen LogP contribution in [0, 0.1) is 0 Å². The van der Waals surface area contributed by atoms with Crippen molar-refractivity contribution in [1.82, 2.24) is 14.9 Å². The lowest BCUT2D eigenvalue weighted by Gasteiger charge is -2.31. The van der Waals surface area contributed by atoms with Crippen LogP contribution in [-0.4, -0.2) is 33.9 Å². The SMILES string of the molecule is CN(C(=O)c1cccnc1-c1cncs1)C1CCCCC1. The van der Waals surface area contributed by atoms with Gasteiger partial charge >= 0.3 is 0 Å². The minimum atomic E-state index is 0.0680. The molecular formula is C16H19N3OS. The lowest BCUT2D eigenvalue weighted by molar-refractivity contribution is 0.0696. The Balaban J connectivity index is 1.87. The zero-order chi connectivity index (χ0) is 14.7. The van der Waals surface area contributed by atoms with E-state index in [0.717, 1.165) is 23.4 Å². The van der Waals surface area contributed by atoms with Crippen LogP contribution in [0.5, 0.6) is 0 Å². The lowest BCUT2D eigenvalue weighted by Crippen LogP contribution is -2.38. The number of rotatable bonds is 3. The van der Waals surface area contributed by atoms with Gasteiger partial charge in [-0.2, -0.15) is 0 Å². The third kappa shape index (κ3) is 2.97. The van der Waals surface area contributed by atoms with E-state index in [9.17, 15) is 4.79 Å². The van der Waals surface area contributed by atoms with Crippen LogP contribution in [0.4, 0.5) is 0 Å². The van der Waals surface area contributed by atoms with Crippen molar-refractivity contribution >= 4 is 17.2 Å². The number of carbonyl (C=O) groups is 1. The van der Waals surface area contributed by atoms with Gasteiger partial charge in [0.25, 0.3) is 5.91 Å². The molecule has 0 saturated heterocycles. The maximum atomic E-state index is 12.8. The molecule has 0 atom stereocenters. The molecule has 0 unspecified atom stereocenters. The van der Waals surface area contributed by atoms with Crippen LogP contribution in [0.2, 0.25) is 0 Å². The summed E-state index contributed by atoms with van der Waals surface area (Å²) in [6.07, 6.45) is 9.44. The number of carbonyl (C=O) groups excluding carboxylic acids is 1. The second kappa shape index (κ2) is 6.35. The molecule has 4 nitrogen and oxygen atoms in total. The summed E-state index contributed by atoms with van der Waals surface area (Å²) in [6.45, 7) is 0. The molecule has 2 aromatic rings. The number of hydrogen-bond donors (Lipinski definition) is 0. The van der Waals surface area contributed by atoms with Gasteiger partial charge in [0, 0.05) is 25.5 Å².